The van der Waals surface area contributed by atoms with E-state index in [0.29, 0.717) is 17.7 Å². The summed E-state index contributed by atoms with van der Waals surface area (Å²) in [5, 5.41) is 5.00. The summed E-state index contributed by atoms with van der Waals surface area (Å²) < 4.78 is 5.45. The summed E-state index contributed by atoms with van der Waals surface area (Å²) >= 11 is 5.80. The van der Waals surface area contributed by atoms with E-state index in [1.165, 1.54) is 12.8 Å². The fraction of sp³-hybridized carbons (Fsp3) is 0.333. The molecule has 4 rings (SSSR count). The van der Waals surface area contributed by atoms with Crippen molar-refractivity contribution in [2.24, 2.45) is 0 Å². The number of aromatic amines is 1. The maximum atomic E-state index is 12.8. The first kappa shape index (κ1) is 20.4. The highest BCUT2D eigenvalue weighted by atomic mass is 32.1. The Morgan fingerprint density at radius 1 is 1.20 bits per heavy atom. The van der Waals surface area contributed by atoms with Gasteiger partial charge in [-0.1, -0.05) is 37.1 Å². The normalized spacial score (nSPS) is 14.1. The summed E-state index contributed by atoms with van der Waals surface area (Å²) in [6.45, 7) is 2.50. The van der Waals surface area contributed by atoms with Gasteiger partial charge in [0.15, 0.2) is 5.11 Å². The molecule has 1 fully saturated rings. The Bertz CT molecular complexity index is 1120. The molecule has 0 radical (unpaired) electrons. The van der Waals surface area contributed by atoms with Gasteiger partial charge < -0.3 is 19.9 Å². The Kier molecular flexibility index (Phi) is 6.04. The number of H-pyrrole nitrogens is 1. The number of hydrogen-bond donors (Lipinski definition) is 2. The van der Waals surface area contributed by atoms with Crippen LogP contribution >= 0.6 is 12.2 Å². The van der Waals surface area contributed by atoms with Crippen molar-refractivity contribution < 1.29 is 4.74 Å². The third-order valence-corrected chi connectivity index (χ3v) is 6.13. The number of aromatic nitrogens is 1. The highest BCUT2D eigenvalue weighted by molar-refractivity contribution is 7.80. The van der Waals surface area contributed by atoms with E-state index >= 15 is 0 Å². The second kappa shape index (κ2) is 8.88. The summed E-state index contributed by atoms with van der Waals surface area (Å²) in [6.07, 6.45) is 4.54. The molecule has 2 N–H and O–H groups in total. The van der Waals surface area contributed by atoms with Crippen LogP contribution in [0.2, 0.25) is 0 Å². The van der Waals surface area contributed by atoms with Crippen molar-refractivity contribution in [3.05, 3.63) is 70.0 Å². The third-order valence-electron chi connectivity index (χ3n) is 5.79. The van der Waals surface area contributed by atoms with Crippen LogP contribution in [0.5, 0.6) is 5.75 Å². The second-order valence-electron chi connectivity index (χ2n) is 7.91. The van der Waals surface area contributed by atoms with E-state index in [1.54, 1.807) is 7.11 Å². The Labute approximate surface area is 182 Å². The Hall–Kier alpha value is -2.86. The highest BCUT2D eigenvalue weighted by Gasteiger charge is 2.26. The standard InChI is InChI=1S/C24H27N3O2S/c1-16-11-12-17-14-18(23(28)25-21(17)13-16)15-27(19-7-3-4-8-19)24(30)26-20-9-5-6-10-22(20)29-2/h5-6,9-14,19H,3-4,7-8,15H2,1-2H3,(H,25,28)(H,26,30). The van der Waals surface area contributed by atoms with Gasteiger partial charge in [-0.15, -0.1) is 0 Å². The van der Waals surface area contributed by atoms with Crippen molar-refractivity contribution in [3.8, 4) is 5.75 Å². The number of aryl methyl sites for hydroxylation is 1. The van der Waals surface area contributed by atoms with Crippen LogP contribution in [0.15, 0.2) is 53.3 Å². The molecule has 0 unspecified atom stereocenters. The Morgan fingerprint density at radius 3 is 2.73 bits per heavy atom. The molecular weight excluding hydrogens is 394 g/mol. The lowest BCUT2D eigenvalue weighted by Crippen LogP contribution is -2.42. The first-order chi connectivity index (χ1) is 14.5. The van der Waals surface area contributed by atoms with Crippen molar-refractivity contribution in [1.29, 1.82) is 0 Å². The highest BCUT2D eigenvalue weighted by Crippen LogP contribution is 2.28. The van der Waals surface area contributed by atoms with Crippen LogP contribution in [0.1, 0.15) is 36.8 Å². The van der Waals surface area contributed by atoms with Gasteiger partial charge in [0.25, 0.3) is 5.56 Å². The number of methoxy groups -OCH3 is 1. The van der Waals surface area contributed by atoms with Gasteiger partial charge in [-0.3, -0.25) is 4.79 Å². The zero-order valence-electron chi connectivity index (χ0n) is 17.4. The van der Waals surface area contributed by atoms with E-state index in [1.807, 2.05) is 43.3 Å². The maximum absolute atomic E-state index is 12.8. The summed E-state index contributed by atoms with van der Waals surface area (Å²) in [6, 6.07) is 16.2. The molecule has 0 spiro atoms. The number of para-hydroxylation sites is 2. The van der Waals surface area contributed by atoms with Gasteiger partial charge in [-0.05, 0) is 67.2 Å². The molecule has 1 aromatic heterocycles. The lowest BCUT2D eigenvalue weighted by atomic mass is 10.1. The number of anilines is 1. The number of nitrogens with zero attached hydrogens (tertiary/aromatic N) is 1. The number of benzene rings is 2. The van der Waals surface area contributed by atoms with E-state index in [-0.39, 0.29) is 5.56 Å². The molecule has 0 bridgehead atoms. The molecule has 1 aliphatic rings. The smallest absolute Gasteiger partial charge is 0.253 e. The lowest BCUT2D eigenvalue weighted by molar-refractivity contribution is 0.311. The van der Waals surface area contributed by atoms with Gasteiger partial charge in [0, 0.05) is 17.1 Å². The van der Waals surface area contributed by atoms with E-state index in [2.05, 4.69) is 27.3 Å². The summed E-state index contributed by atoms with van der Waals surface area (Å²) in [4.78, 5) is 18.0. The molecule has 6 heteroatoms. The molecule has 30 heavy (non-hydrogen) atoms. The van der Waals surface area contributed by atoms with Crippen molar-refractivity contribution in [2.75, 3.05) is 12.4 Å². The number of fused-ring (bicyclic) bond motifs is 1. The van der Waals surface area contributed by atoms with E-state index in [0.717, 1.165) is 46.3 Å². The predicted molar refractivity (Wildman–Crippen MR) is 126 cm³/mol. The van der Waals surface area contributed by atoms with Crippen LogP contribution in [0.4, 0.5) is 5.69 Å². The minimum absolute atomic E-state index is 0.0591. The van der Waals surface area contributed by atoms with Crippen LogP contribution < -0.4 is 15.6 Å². The van der Waals surface area contributed by atoms with Crippen LogP contribution in [0.25, 0.3) is 10.9 Å². The Balaban J connectivity index is 1.64. The molecule has 1 saturated carbocycles. The molecular formula is C24H27N3O2S. The first-order valence-electron chi connectivity index (χ1n) is 10.4. The molecule has 0 aliphatic heterocycles. The van der Waals surface area contributed by atoms with Crippen LogP contribution in [0, 0.1) is 6.92 Å². The lowest BCUT2D eigenvalue weighted by Gasteiger charge is -2.32. The van der Waals surface area contributed by atoms with E-state index in [9.17, 15) is 4.79 Å². The van der Waals surface area contributed by atoms with E-state index < -0.39 is 0 Å². The maximum Gasteiger partial charge on any atom is 0.253 e. The fourth-order valence-electron chi connectivity index (χ4n) is 4.18. The SMILES string of the molecule is COc1ccccc1NC(=S)N(Cc1cc2ccc(C)cc2[nH]c1=O)C1CCCC1. The summed E-state index contributed by atoms with van der Waals surface area (Å²) in [5.74, 6) is 0.741. The monoisotopic (exact) mass is 421 g/mol. The average Bonchev–Trinajstić information content (AvgIpc) is 3.27. The number of thiocarbonyl (C=S) groups is 1. The number of ether oxygens (including phenoxy) is 1. The number of nitrogens with one attached hydrogen (secondary N) is 2. The van der Waals surface area contributed by atoms with Crippen molar-refractivity contribution in [1.82, 2.24) is 9.88 Å². The topological polar surface area (TPSA) is 57.4 Å². The number of rotatable bonds is 5. The second-order valence-corrected chi connectivity index (χ2v) is 8.30. The zero-order valence-corrected chi connectivity index (χ0v) is 18.2. The minimum Gasteiger partial charge on any atom is -0.495 e. The van der Waals surface area contributed by atoms with Gasteiger partial charge in [-0.25, -0.2) is 0 Å². The van der Waals surface area contributed by atoms with Crippen LogP contribution in [-0.4, -0.2) is 28.1 Å². The summed E-state index contributed by atoms with van der Waals surface area (Å²) in [5.41, 5.74) is 3.49. The molecule has 0 atom stereocenters. The van der Waals surface area contributed by atoms with Gasteiger partial charge >= 0.3 is 0 Å². The Morgan fingerprint density at radius 2 is 1.97 bits per heavy atom. The molecule has 156 valence electrons. The molecule has 2 aromatic carbocycles. The van der Waals surface area contributed by atoms with E-state index in [4.69, 9.17) is 17.0 Å². The van der Waals surface area contributed by atoms with Crippen molar-refractivity contribution in [2.45, 2.75) is 45.2 Å². The van der Waals surface area contributed by atoms with Gasteiger partial charge in [0.05, 0.1) is 19.3 Å². The van der Waals surface area contributed by atoms with Gasteiger partial charge in [-0.2, -0.15) is 0 Å². The molecule has 0 amide bonds. The first-order valence-corrected chi connectivity index (χ1v) is 10.8. The molecule has 0 saturated heterocycles. The predicted octanol–water partition coefficient (Wildman–Crippen LogP) is 4.99. The number of pyridine rings is 1. The molecule has 3 aromatic rings. The molecule has 5 nitrogen and oxygen atoms in total. The average molecular weight is 422 g/mol. The summed E-state index contributed by atoms with van der Waals surface area (Å²) in [7, 11) is 1.65. The minimum atomic E-state index is -0.0591. The molecule has 1 aliphatic carbocycles. The van der Waals surface area contributed by atoms with Crippen molar-refractivity contribution in [3.63, 3.8) is 0 Å². The van der Waals surface area contributed by atoms with Crippen LogP contribution in [-0.2, 0) is 6.54 Å². The van der Waals surface area contributed by atoms with Crippen LogP contribution in [0.3, 0.4) is 0 Å². The quantitative estimate of drug-likeness (QED) is 0.569. The van der Waals surface area contributed by atoms with Crippen molar-refractivity contribution >= 4 is 33.9 Å². The van der Waals surface area contributed by atoms with Gasteiger partial charge in [0.2, 0.25) is 0 Å². The zero-order chi connectivity index (χ0) is 21.1. The third kappa shape index (κ3) is 4.33. The number of hydrogen-bond acceptors (Lipinski definition) is 3. The van der Waals surface area contributed by atoms with Gasteiger partial charge in [0.1, 0.15) is 5.75 Å². The largest absolute Gasteiger partial charge is 0.495 e. The molecule has 1 heterocycles. The fourth-order valence-corrected chi connectivity index (χ4v) is 4.50.